The normalized spacial score (nSPS) is 16.3. The molecule has 1 aromatic heterocycles. The number of anilines is 1. The van der Waals surface area contributed by atoms with Crippen LogP contribution in [0.5, 0.6) is 5.75 Å². The molecule has 124 valence electrons. The third kappa shape index (κ3) is 2.31. The highest BCUT2D eigenvalue weighted by Gasteiger charge is 2.35. The molecule has 0 aliphatic carbocycles. The molecular formula is C13H12N6O5. The fraction of sp³-hybridized carbons (Fsp3) is 0.231. The molecule has 0 radical (unpaired) electrons. The number of fused-ring (bicyclic) bond motifs is 1. The molecular weight excluding hydrogens is 320 g/mol. The molecule has 1 aromatic carbocycles. The molecule has 2 aromatic rings. The first-order chi connectivity index (χ1) is 11.4. The van der Waals surface area contributed by atoms with Crippen molar-refractivity contribution in [2.45, 2.75) is 13.0 Å². The lowest BCUT2D eigenvalue weighted by atomic mass is 9.95. The number of phenols is 1. The van der Waals surface area contributed by atoms with E-state index in [1.54, 1.807) is 6.92 Å². The number of nitro groups is 1. The summed E-state index contributed by atoms with van der Waals surface area (Å²) in [7, 11) is 1.23. The van der Waals surface area contributed by atoms with Crippen molar-refractivity contribution in [2.24, 2.45) is 0 Å². The Bertz CT molecular complexity index is 873. The van der Waals surface area contributed by atoms with E-state index in [2.05, 4.69) is 20.8 Å². The van der Waals surface area contributed by atoms with Crippen LogP contribution >= 0.6 is 0 Å². The minimum absolute atomic E-state index is 0.206. The SMILES string of the molecule is COC(=O)C1=C(C)Nc2nnnn2[C@@H]1c1ccc(O)c([N+](=O)[O-])c1. The van der Waals surface area contributed by atoms with Crippen LogP contribution in [0, 0.1) is 10.1 Å². The van der Waals surface area contributed by atoms with Gasteiger partial charge in [-0.25, -0.2) is 4.79 Å². The number of aromatic nitrogens is 4. The van der Waals surface area contributed by atoms with Crippen molar-refractivity contribution in [2.75, 3.05) is 12.4 Å². The van der Waals surface area contributed by atoms with Crippen molar-refractivity contribution >= 4 is 17.6 Å². The van der Waals surface area contributed by atoms with Crippen LogP contribution in [0.4, 0.5) is 11.6 Å². The first-order valence-corrected chi connectivity index (χ1v) is 6.75. The number of aromatic hydroxyl groups is 1. The number of nitrogens with one attached hydrogen (secondary N) is 1. The molecule has 1 aliphatic heterocycles. The quantitative estimate of drug-likeness (QED) is 0.472. The molecule has 0 spiro atoms. The second kappa shape index (κ2) is 5.61. The first-order valence-electron chi connectivity index (χ1n) is 6.75. The summed E-state index contributed by atoms with van der Waals surface area (Å²) >= 11 is 0. The number of hydrogen-bond donors (Lipinski definition) is 2. The molecule has 0 saturated heterocycles. The number of hydrogen-bond acceptors (Lipinski definition) is 9. The van der Waals surface area contributed by atoms with E-state index in [0.29, 0.717) is 11.3 Å². The van der Waals surface area contributed by atoms with Crippen LogP contribution < -0.4 is 5.32 Å². The minimum atomic E-state index is -0.831. The van der Waals surface area contributed by atoms with E-state index >= 15 is 0 Å². The molecule has 0 unspecified atom stereocenters. The molecule has 11 heteroatoms. The highest BCUT2D eigenvalue weighted by atomic mass is 16.6. The van der Waals surface area contributed by atoms with Gasteiger partial charge in [0.25, 0.3) is 0 Å². The fourth-order valence-corrected chi connectivity index (χ4v) is 2.55. The van der Waals surface area contributed by atoms with Crippen molar-refractivity contribution in [3.05, 3.63) is 45.1 Å². The summed E-state index contributed by atoms with van der Waals surface area (Å²) in [5.41, 5.74) is 0.541. The van der Waals surface area contributed by atoms with Crippen molar-refractivity contribution in [1.29, 1.82) is 0 Å². The van der Waals surface area contributed by atoms with Crippen LogP contribution in [0.25, 0.3) is 0 Å². The molecule has 1 aliphatic rings. The number of methoxy groups -OCH3 is 1. The van der Waals surface area contributed by atoms with Crippen LogP contribution in [0.3, 0.4) is 0 Å². The number of tetrazole rings is 1. The highest BCUT2D eigenvalue weighted by Crippen LogP contribution is 2.37. The number of nitrogens with zero attached hydrogens (tertiary/aromatic N) is 5. The minimum Gasteiger partial charge on any atom is -0.502 e. The van der Waals surface area contributed by atoms with Gasteiger partial charge >= 0.3 is 11.7 Å². The molecule has 3 rings (SSSR count). The summed E-state index contributed by atoms with van der Waals surface area (Å²) in [6.07, 6.45) is 0. The average Bonchev–Trinajstić information content (AvgIpc) is 3.01. The van der Waals surface area contributed by atoms with Crippen molar-refractivity contribution in [3.8, 4) is 5.75 Å². The Morgan fingerprint density at radius 1 is 1.50 bits per heavy atom. The number of allylic oxidation sites excluding steroid dienone is 1. The van der Waals surface area contributed by atoms with Crippen LogP contribution in [-0.2, 0) is 9.53 Å². The number of phenolic OH excluding ortho intramolecular Hbond substituents is 1. The molecule has 1 atom stereocenters. The van der Waals surface area contributed by atoms with E-state index in [0.717, 1.165) is 0 Å². The molecule has 24 heavy (non-hydrogen) atoms. The van der Waals surface area contributed by atoms with Gasteiger partial charge in [0.2, 0.25) is 5.95 Å². The Morgan fingerprint density at radius 2 is 2.25 bits per heavy atom. The Kier molecular flexibility index (Phi) is 3.60. The Hall–Kier alpha value is -3.50. The summed E-state index contributed by atoms with van der Waals surface area (Å²) in [5.74, 6) is -0.822. The van der Waals surface area contributed by atoms with Gasteiger partial charge in [-0.1, -0.05) is 11.2 Å². The maximum absolute atomic E-state index is 12.2. The maximum atomic E-state index is 12.2. The standard InChI is InChI=1S/C13H12N6O5/c1-6-10(12(21)24-2)11(18-13(14-6)15-16-17-18)7-3-4-9(20)8(5-7)19(22)23/h3-5,11,20H,1-2H3,(H,14,15,17)/t11-/m1/s1. The highest BCUT2D eigenvalue weighted by molar-refractivity contribution is 5.92. The van der Waals surface area contributed by atoms with Gasteiger partial charge in [-0.15, -0.1) is 0 Å². The van der Waals surface area contributed by atoms with Crippen molar-refractivity contribution < 1.29 is 19.6 Å². The number of rotatable bonds is 3. The fourth-order valence-electron chi connectivity index (χ4n) is 2.55. The third-order valence-electron chi connectivity index (χ3n) is 3.63. The topological polar surface area (TPSA) is 145 Å². The van der Waals surface area contributed by atoms with E-state index in [1.807, 2.05) is 0 Å². The van der Waals surface area contributed by atoms with Gasteiger partial charge in [-0.2, -0.15) is 4.68 Å². The molecule has 2 N–H and O–H groups in total. The molecule has 2 heterocycles. The summed E-state index contributed by atoms with van der Waals surface area (Å²) in [6.45, 7) is 1.65. The third-order valence-corrected chi connectivity index (χ3v) is 3.63. The van der Waals surface area contributed by atoms with E-state index in [1.165, 1.54) is 30.0 Å². The average molecular weight is 332 g/mol. The van der Waals surface area contributed by atoms with E-state index in [-0.39, 0.29) is 11.5 Å². The number of nitro benzene ring substituents is 1. The monoisotopic (exact) mass is 332 g/mol. The van der Waals surface area contributed by atoms with E-state index in [9.17, 15) is 20.0 Å². The van der Waals surface area contributed by atoms with Crippen LogP contribution in [0.15, 0.2) is 29.5 Å². The lowest BCUT2D eigenvalue weighted by Crippen LogP contribution is -2.29. The van der Waals surface area contributed by atoms with Gasteiger partial charge in [0.15, 0.2) is 5.75 Å². The lowest BCUT2D eigenvalue weighted by molar-refractivity contribution is -0.385. The van der Waals surface area contributed by atoms with Crippen molar-refractivity contribution in [3.63, 3.8) is 0 Å². The second-order valence-electron chi connectivity index (χ2n) is 5.01. The molecule has 0 saturated carbocycles. The first kappa shape index (κ1) is 15.4. The predicted molar refractivity (Wildman–Crippen MR) is 79.1 cm³/mol. The molecule has 0 fully saturated rings. The van der Waals surface area contributed by atoms with Gasteiger partial charge < -0.3 is 15.2 Å². The maximum Gasteiger partial charge on any atom is 0.338 e. The van der Waals surface area contributed by atoms with Crippen molar-refractivity contribution in [1.82, 2.24) is 20.2 Å². The van der Waals surface area contributed by atoms with Gasteiger partial charge in [0, 0.05) is 11.8 Å². The summed E-state index contributed by atoms with van der Waals surface area (Å²) in [6, 6.07) is 2.99. The zero-order valence-electron chi connectivity index (χ0n) is 12.6. The van der Waals surface area contributed by atoms with Gasteiger partial charge in [-0.3, -0.25) is 10.1 Å². The summed E-state index contributed by atoms with van der Waals surface area (Å²) < 4.78 is 6.12. The van der Waals surface area contributed by atoms with Gasteiger partial charge in [0.1, 0.15) is 6.04 Å². The Balaban J connectivity index is 2.22. The Morgan fingerprint density at radius 3 is 2.92 bits per heavy atom. The zero-order chi connectivity index (χ0) is 17.4. The molecule has 0 bridgehead atoms. The summed E-state index contributed by atoms with van der Waals surface area (Å²) in [4.78, 5) is 22.6. The van der Waals surface area contributed by atoms with E-state index in [4.69, 9.17) is 4.74 Å². The number of carbonyl (C=O) groups excluding carboxylic acids is 1. The largest absolute Gasteiger partial charge is 0.502 e. The summed E-state index contributed by atoms with van der Waals surface area (Å²) in [5, 5.41) is 34.8. The second-order valence-corrected chi connectivity index (χ2v) is 5.01. The number of esters is 1. The Labute approximate surface area is 134 Å². The number of ether oxygens (including phenoxy) is 1. The zero-order valence-corrected chi connectivity index (χ0v) is 12.6. The smallest absolute Gasteiger partial charge is 0.338 e. The van der Waals surface area contributed by atoms with Crippen LogP contribution in [0.1, 0.15) is 18.5 Å². The van der Waals surface area contributed by atoms with Crippen LogP contribution in [-0.4, -0.2) is 43.3 Å². The molecule has 0 amide bonds. The number of carbonyl (C=O) groups is 1. The predicted octanol–water partition coefficient (Wildman–Crippen LogP) is 0.749. The van der Waals surface area contributed by atoms with Gasteiger partial charge in [0.05, 0.1) is 17.6 Å². The van der Waals surface area contributed by atoms with Crippen LogP contribution in [0.2, 0.25) is 0 Å². The lowest BCUT2D eigenvalue weighted by Gasteiger charge is -2.26. The molecule has 11 nitrogen and oxygen atoms in total. The number of benzene rings is 1. The van der Waals surface area contributed by atoms with Gasteiger partial charge in [-0.05, 0) is 29.0 Å². The van der Waals surface area contributed by atoms with E-state index < -0.39 is 28.4 Å².